The molecule has 0 saturated carbocycles. The molecule has 1 unspecified atom stereocenters. The Morgan fingerprint density at radius 3 is 3.00 bits per heavy atom. The second kappa shape index (κ2) is 7.42. The van der Waals surface area contributed by atoms with Crippen LogP contribution in [-0.2, 0) is 9.53 Å². The Balaban J connectivity index is 2.33. The van der Waals surface area contributed by atoms with Gasteiger partial charge in [-0.25, -0.2) is 0 Å². The molecule has 96 valence electrons. The van der Waals surface area contributed by atoms with Crippen LogP contribution in [0.5, 0.6) is 0 Å². The van der Waals surface area contributed by atoms with Crippen LogP contribution in [0, 0.1) is 0 Å². The number of rotatable bonds is 7. The lowest BCUT2D eigenvalue weighted by molar-refractivity contribution is -0.122. The maximum absolute atomic E-state index is 11.6. The number of carbonyl (C=O) groups excluding carboxylic acids is 1. The third-order valence-corrected chi connectivity index (χ3v) is 3.68. The van der Waals surface area contributed by atoms with Crippen LogP contribution in [0.4, 0.5) is 0 Å². The van der Waals surface area contributed by atoms with Gasteiger partial charge in [0.15, 0.2) is 0 Å². The van der Waals surface area contributed by atoms with Gasteiger partial charge in [-0.3, -0.25) is 9.69 Å². The Morgan fingerprint density at radius 1 is 1.65 bits per heavy atom. The molecule has 0 aliphatic rings. The van der Waals surface area contributed by atoms with Crippen LogP contribution < -0.4 is 5.32 Å². The normalized spacial score (nSPS) is 12.7. The SMILES string of the molecule is COCCNC(=O)CN(C)C(C)c1cccs1. The second-order valence-corrected chi connectivity index (χ2v) is 4.93. The van der Waals surface area contributed by atoms with Gasteiger partial charge in [0, 0.05) is 24.6 Å². The molecule has 1 N–H and O–H groups in total. The van der Waals surface area contributed by atoms with Gasteiger partial charge in [0.1, 0.15) is 0 Å². The molecule has 1 aromatic heterocycles. The van der Waals surface area contributed by atoms with Gasteiger partial charge in [0.05, 0.1) is 13.2 Å². The average Bonchev–Trinajstić information content (AvgIpc) is 2.81. The minimum absolute atomic E-state index is 0.0351. The first-order valence-electron chi connectivity index (χ1n) is 5.64. The van der Waals surface area contributed by atoms with E-state index in [0.717, 1.165) is 0 Å². The van der Waals surface area contributed by atoms with E-state index in [9.17, 15) is 4.79 Å². The van der Waals surface area contributed by atoms with Crippen molar-refractivity contribution >= 4 is 17.2 Å². The van der Waals surface area contributed by atoms with Crippen molar-refractivity contribution in [3.63, 3.8) is 0 Å². The van der Waals surface area contributed by atoms with Gasteiger partial charge in [-0.15, -0.1) is 11.3 Å². The molecule has 0 spiro atoms. The van der Waals surface area contributed by atoms with E-state index in [1.165, 1.54) is 4.88 Å². The number of amides is 1. The highest BCUT2D eigenvalue weighted by Crippen LogP contribution is 2.22. The number of nitrogens with zero attached hydrogens (tertiary/aromatic N) is 1. The molecule has 0 radical (unpaired) electrons. The largest absolute Gasteiger partial charge is 0.383 e. The maximum atomic E-state index is 11.6. The van der Waals surface area contributed by atoms with Crippen molar-refractivity contribution in [1.82, 2.24) is 10.2 Å². The number of ether oxygens (including phenoxy) is 1. The lowest BCUT2D eigenvalue weighted by atomic mass is 10.2. The molecule has 1 heterocycles. The van der Waals surface area contributed by atoms with Crippen molar-refractivity contribution in [3.05, 3.63) is 22.4 Å². The Hall–Kier alpha value is -0.910. The van der Waals surface area contributed by atoms with Crippen LogP contribution in [0.25, 0.3) is 0 Å². The van der Waals surface area contributed by atoms with Crippen LogP contribution in [-0.4, -0.2) is 44.7 Å². The number of hydrogen-bond acceptors (Lipinski definition) is 4. The predicted molar refractivity (Wildman–Crippen MR) is 70.2 cm³/mol. The first-order valence-corrected chi connectivity index (χ1v) is 6.52. The molecule has 1 rings (SSSR count). The lowest BCUT2D eigenvalue weighted by Gasteiger charge is -2.23. The highest BCUT2D eigenvalue weighted by Gasteiger charge is 2.15. The smallest absolute Gasteiger partial charge is 0.234 e. The molecular formula is C12H20N2O2S. The third-order valence-electron chi connectivity index (χ3n) is 2.64. The number of hydrogen-bond donors (Lipinski definition) is 1. The van der Waals surface area contributed by atoms with E-state index in [4.69, 9.17) is 4.74 Å². The van der Waals surface area contributed by atoms with E-state index in [-0.39, 0.29) is 11.9 Å². The summed E-state index contributed by atoms with van der Waals surface area (Å²) in [7, 11) is 3.58. The number of nitrogens with one attached hydrogen (secondary N) is 1. The maximum Gasteiger partial charge on any atom is 0.234 e. The molecule has 0 fully saturated rings. The molecule has 1 aromatic rings. The molecule has 0 aliphatic carbocycles. The fraction of sp³-hybridized carbons (Fsp3) is 0.583. The minimum Gasteiger partial charge on any atom is -0.383 e. The number of methoxy groups -OCH3 is 1. The molecule has 17 heavy (non-hydrogen) atoms. The zero-order valence-electron chi connectivity index (χ0n) is 10.6. The minimum atomic E-state index is 0.0351. The molecule has 0 bridgehead atoms. The summed E-state index contributed by atoms with van der Waals surface area (Å²) >= 11 is 1.71. The van der Waals surface area contributed by atoms with E-state index < -0.39 is 0 Å². The zero-order valence-corrected chi connectivity index (χ0v) is 11.4. The highest BCUT2D eigenvalue weighted by molar-refractivity contribution is 7.10. The van der Waals surface area contributed by atoms with Crippen LogP contribution in [0.15, 0.2) is 17.5 Å². The van der Waals surface area contributed by atoms with Crippen LogP contribution >= 0.6 is 11.3 Å². The van der Waals surface area contributed by atoms with Crippen molar-refractivity contribution in [3.8, 4) is 0 Å². The van der Waals surface area contributed by atoms with E-state index >= 15 is 0 Å². The Kier molecular flexibility index (Phi) is 6.18. The summed E-state index contributed by atoms with van der Waals surface area (Å²) in [6.45, 7) is 3.63. The van der Waals surface area contributed by atoms with Crippen molar-refractivity contribution in [2.45, 2.75) is 13.0 Å². The fourth-order valence-corrected chi connectivity index (χ4v) is 2.31. The third kappa shape index (κ3) is 4.85. The van der Waals surface area contributed by atoms with E-state index in [2.05, 4.69) is 23.7 Å². The Bertz CT molecular complexity index is 327. The monoisotopic (exact) mass is 256 g/mol. The summed E-state index contributed by atoms with van der Waals surface area (Å²) in [6.07, 6.45) is 0. The van der Waals surface area contributed by atoms with Gasteiger partial charge in [-0.05, 0) is 25.4 Å². The summed E-state index contributed by atoms with van der Waals surface area (Å²) in [4.78, 5) is 14.9. The first-order chi connectivity index (χ1) is 8.15. The van der Waals surface area contributed by atoms with Crippen LogP contribution in [0.3, 0.4) is 0 Å². The summed E-state index contributed by atoms with van der Waals surface area (Å²) in [5.41, 5.74) is 0. The second-order valence-electron chi connectivity index (χ2n) is 3.95. The van der Waals surface area contributed by atoms with Gasteiger partial charge < -0.3 is 10.1 Å². The van der Waals surface area contributed by atoms with Crippen molar-refractivity contribution in [2.24, 2.45) is 0 Å². The number of likely N-dealkylation sites (N-methyl/N-ethyl adjacent to an activating group) is 1. The van der Waals surface area contributed by atoms with Gasteiger partial charge in [-0.2, -0.15) is 0 Å². The summed E-state index contributed by atoms with van der Waals surface area (Å²) in [5, 5.41) is 4.87. The quantitative estimate of drug-likeness (QED) is 0.752. The molecule has 0 aliphatic heterocycles. The molecule has 4 nitrogen and oxygen atoms in total. The molecule has 1 amide bonds. The zero-order chi connectivity index (χ0) is 12.7. The average molecular weight is 256 g/mol. The highest BCUT2D eigenvalue weighted by atomic mass is 32.1. The molecule has 5 heteroatoms. The fourth-order valence-electron chi connectivity index (χ4n) is 1.46. The molecule has 0 aromatic carbocycles. The topological polar surface area (TPSA) is 41.6 Å². The summed E-state index contributed by atoms with van der Waals surface area (Å²) in [5.74, 6) is 0.0351. The Labute approximate surface area is 107 Å². The van der Waals surface area contributed by atoms with Gasteiger partial charge >= 0.3 is 0 Å². The lowest BCUT2D eigenvalue weighted by Crippen LogP contribution is -2.37. The van der Waals surface area contributed by atoms with Crippen molar-refractivity contribution < 1.29 is 9.53 Å². The Morgan fingerprint density at radius 2 is 2.41 bits per heavy atom. The van der Waals surface area contributed by atoms with Crippen molar-refractivity contribution in [1.29, 1.82) is 0 Å². The first kappa shape index (κ1) is 14.2. The number of carbonyl (C=O) groups is 1. The van der Waals surface area contributed by atoms with Crippen LogP contribution in [0.1, 0.15) is 17.8 Å². The van der Waals surface area contributed by atoms with E-state index in [1.54, 1.807) is 18.4 Å². The molecular weight excluding hydrogens is 236 g/mol. The standard InChI is InChI=1S/C12H20N2O2S/c1-10(11-5-4-8-17-11)14(2)9-12(15)13-6-7-16-3/h4-5,8,10H,6-7,9H2,1-3H3,(H,13,15). The predicted octanol–water partition coefficient (Wildman–Crippen LogP) is 1.50. The van der Waals surface area contributed by atoms with E-state index in [1.807, 2.05) is 18.0 Å². The summed E-state index contributed by atoms with van der Waals surface area (Å²) < 4.78 is 4.88. The van der Waals surface area contributed by atoms with Crippen LogP contribution in [0.2, 0.25) is 0 Å². The van der Waals surface area contributed by atoms with Crippen molar-refractivity contribution in [2.75, 3.05) is 33.9 Å². The van der Waals surface area contributed by atoms with Gasteiger partial charge in [0.25, 0.3) is 0 Å². The molecule has 1 atom stereocenters. The van der Waals surface area contributed by atoms with Gasteiger partial charge in [-0.1, -0.05) is 6.07 Å². The summed E-state index contributed by atoms with van der Waals surface area (Å²) in [6, 6.07) is 4.39. The number of thiophene rings is 1. The van der Waals surface area contributed by atoms with Gasteiger partial charge in [0.2, 0.25) is 5.91 Å². The van der Waals surface area contributed by atoms with E-state index in [0.29, 0.717) is 19.7 Å². The molecule has 0 saturated heterocycles.